The summed E-state index contributed by atoms with van der Waals surface area (Å²) in [6.07, 6.45) is 0.396. The van der Waals surface area contributed by atoms with Crippen LogP contribution in [0.3, 0.4) is 0 Å². The summed E-state index contributed by atoms with van der Waals surface area (Å²) in [5.74, 6) is 0. The Labute approximate surface area is 66.6 Å². The summed E-state index contributed by atoms with van der Waals surface area (Å²) >= 11 is 0. The van der Waals surface area contributed by atoms with E-state index in [0.29, 0.717) is 13.0 Å². The maximum Gasteiger partial charge on any atom is 0.324 e. The molecule has 0 fully saturated rings. The minimum absolute atomic E-state index is 0.125. The lowest BCUT2D eigenvalue weighted by molar-refractivity contribution is -0.108. The van der Waals surface area contributed by atoms with Crippen LogP contribution in [0.15, 0.2) is 0 Å². The summed E-state index contributed by atoms with van der Waals surface area (Å²) < 4.78 is 0. The quantitative estimate of drug-likeness (QED) is 0.611. The number of carbonyl (C=O) groups is 2. The van der Waals surface area contributed by atoms with Gasteiger partial charge in [0, 0.05) is 12.6 Å². The zero-order valence-electron chi connectivity index (χ0n) is 7.13. The Morgan fingerprint density at radius 1 is 1.64 bits per heavy atom. The minimum atomic E-state index is -0.336. The molecule has 0 aliphatic heterocycles. The van der Waals surface area contributed by atoms with Gasteiger partial charge < -0.3 is 4.90 Å². The second-order valence-corrected chi connectivity index (χ2v) is 2.45. The maximum atomic E-state index is 11.0. The van der Waals surface area contributed by atoms with Crippen molar-refractivity contribution in [3.05, 3.63) is 0 Å². The molecule has 0 radical (unpaired) electrons. The molecule has 4 nitrogen and oxygen atoms in total. The summed E-state index contributed by atoms with van der Waals surface area (Å²) in [6.45, 7) is 6.27. The lowest BCUT2D eigenvalue weighted by Crippen LogP contribution is -2.43. The third-order valence-electron chi connectivity index (χ3n) is 1.41. The van der Waals surface area contributed by atoms with Gasteiger partial charge in [0.15, 0.2) is 0 Å². The molecular weight excluding hydrogens is 144 g/mol. The molecule has 0 rings (SSSR count). The van der Waals surface area contributed by atoms with Gasteiger partial charge in [-0.1, -0.05) is 0 Å². The van der Waals surface area contributed by atoms with Crippen LogP contribution in [0.5, 0.6) is 0 Å². The number of hydrogen-bond donors (Lipinski definition) is 1. The molecule has 0 spiro atoms. The van der Waals surface area contributed by atoms with Crippen molar-refractivity contribution in [3.63, 3.8) is 0 Å². The van der Waals surface area contributed by atoms with Crippen LogP contribution in [0.4, 0.5) is 4.79 Å². The zero-order chi connectivity index (χ0) is 8.85. The van der Waals surface area contributed by atoms with Crippen LogP contribution in [0.2, 0.25) is 0 Å². The third kappa shape index (κ3) is 3.02. The molecule has 0 bridgehead atoms. The summed E-state index contributed by atoms with van der Waals surface area (Å²) in [4.78, 5) is 22.5. The van der Waals surface area contributed by atoms with E-state index >= 15 is 0 Å². The smallest absolute Gasteiger partial charge is 0.322 e. The molecule has 0 aliphatic carbocycles. The first-order valence-corrected chi connectivity index (χ1v) is 3.64. The fourth-order valence-corrected chi connectivity index (χ4v) is 0.877. The molecule has 0 atom stereocenters. The second kappa shape index (κ2) is 4.71. The normalized spacial score (nSPS) is 9.45. The van der Waals surface area contributed by atoms with Crippen LogP contribution in [0.25, 0.3) is 0 Å². The van der Waals surface area contributed by atoms with E-state index in [-0.39, 0.29) is 12.1 Å². The maximum absolute atomic E-state index is 11.0. The lowest BCUT2D eigenvalue weighted by Gasteiger charge is -2.23. The van der Waals surface area contributed by atoms with E-state index in [2.05, 4.69) is 5.32 Å². The first kappa shape index (κ1) is 9.94. The lowest BCUT2D eigenvalue weighted by atomic mass is 10.3. The van der Waals surface area contributed by atoms with Crippen LogP contribution in [-0.2, 0) is 4.79 Å². The van der Waals surface area contributed by atoms with Gasteiger partial charge in [-0.15, -0.1) is 0 Å². The zero-order valence-corrected chi connectivity index (χ0v) is 7.13. The summed E-state index contributed by atoms with van der Waals surface area (Å²) in [5.41, 5.74) is 0. The Kier molecular flexibility index (Phi) is 4.26. The first-order chi connectivity index (χ1) is 5.13. The molecule has 4 heteroatoms. The highest BCUT2D eigenvalue weighted by molar-refractivity contribution is 5.84. The van der Waals surface area contributed by atoms with Crippen molar-refractivity contribution in [2.45, 2.75) is 26.8 Å². The van der Waals surface area contributed by atoms with Crippen LogP contribution < -0.4 is 5.32 Å². The first-order valence-electron chi connectivity index (χ1n) is 3.64. The van der Waals surface area contributed by atoms with E-state index in [1.807, 2.05) is 20.8 Å². The largest absolute Gasteiger partial charge is 0.324 e. The molecule has 11 heavy (non-hydrogen) atoms. The molecule has 0 aliphatic rings. The fourth-order valence-electron chi connectivity index (χ4n) is 0.877. The van der Waals surface area contributed by atoms with Crippen molar-refractivity contribution in [2.24, 2.45) is 0 Å². The van der Waals surface area contributed by atoms with Crippen LogP contribution >= 0.6 is 0 Å². The van der Waals surface area contributed by atoms with E-state index < -0.39 is 0 Å². The second-order valence-electron chi connectivity index (χ2n) is 2.45. The Balaban J connectivity index is 4.02. The van der Waals surface area contributed by atoms with E-state index in [9.17, 15) is 9.59 Å². The highest BCUT2D eigenvalue weighted by Crippen LogP contribution is 1.96. The SMILES string of the molecule is CCN(C(=O)NC=O)C(C)C. The van der Waals surface area contributed by atoms with E-state index in [4.69, 9.17) is 0 Å². The summed E-state index contributed by atoms with van der Waals surface area (Å²) in [7, 11) is 0. The van der Waals surface area contributed by atoms with Gasteiger partial charge in [-0.05, 0) is 20.8 Å². The van der Waals surface area contributed by atoms with Crippen LogP contribution in [0.1, 0.15) is 20.8 Å². The number of urea groups is 1. The van der Waals surface area contributed by atoms with Gasteiger partial charge in [0.25, 0.3) is 0 Å². The third-order valence-corrected chi connectivity index (χ3v) is 1.41. The molecular formula is C7H14N2O2. The summed E-state index contributed by atoms with van der Waals surface area (Å²) in [5, 5.41) is 2.08. The Morgan fingerprint density at radius 2 is 2.18 bits per heavy atom. The fraction of sp³-hybridized carbons (Fsp3) is 0.714. The predicted molar refractivity (Wildman–Crippen MR) is 42.1 cm³/mol. The Hall–Kier alpha value is -1.06. The molecule has 3 amide bonds. The Morgan fingerprint density at radius 3 is 2.45 bits per heavy atom. The topological polar surface area (TPSA) is 49.4 Å². The minimum Gasteiger partial charge on any atom is -0.322 e. The number of hydrogen-bond acceptors (Lipinski definition) is 2. The number of amides is 3. The standard InChI is InChI=1S/C7H14N2O2/c1-4-9(6(2)3)7(11)8-5-10/h5-6H,4H2,1-3H3,(H,8,10,11). The number of rotatable bonds is 3. The molecule has 0 aromatic rings. The monoisotopic (exact) mass is 158 g/mol. The number of carbonyl (C=O) groups excluding carboxylic acids is 2. The van der Waals surface area contributed by atoms with Crippen LogP contribution in [0, 0.1) is 0 Å². The van der Waals surface area contributed by atoms with Crippen molar-refractivity contribution < 1.29 is 9.59 Å². The van der Waals surface area contributed by atoms with Crippen molar-refractivity contribution >= 4 is 12.4 Å². The molecule has 0 aromatic carbocycles. The average molecular weight is 158 g/mol. The van der Waals surface area contributed by atoms with E-state index in [0.717, 1.165) is 0 Å². The number of nitrogens with zero attached hydrogens (tertiary/aromatic N) is 1. The van der Waals surface area contributed by atoms with Gasteiger partial charge in [0.05, 0.1) is 0 Å². The van der Waals surface area contributed by atoms with E-state index in [1.165, 1.54) is 0 Å². The van der Waals surface area contributed by atoms with Gasteiger partial charge in [-0.25, -0.2) is 4.79 Å². The summed E-state index contributed by atoms with van der Waals surface area (Å²) in [6, 6.07) is -0.211. The van der Waals surface area contributed by atoms with Crippen molar-refractivity contribution in [3.8, 4) is 0 Å². The highest BCUT2D eigenvalue weighted by Gasteiger charge is 2.12. The highest BCUT2D eigenvalue weighted by atomic mass is 16.2. The van der Waals surface area contributed by atoms with Gasteiger partial charge in [0.1, 0.15) is 0 Å². The van der Waals surface area contributed by atoms with E-state index in [1.54, 1.807) is 4.90 Å². The van der Waals surface area contributed by atoms with Gasteiger partial charge >= 0.3 is 6.03 Å². The number of nitrogens with one attached hydrogen (secondary N) is 1. The predicted octanol–water partition coefficient (Wildman–Crippen LogP) is 0.583. The molecule has 0 heterocycles. The van der Waals surface area contributed by atoms with Gasteiger partial charge in [0.2, 0.25) is 6.41 Å². The van der Waals surface area contributed by atoms with Crippen molar-refractivity contribution in [2.75, 3.05) is 6.54 Å². The van der Waals surface area contributed by atoms with Gasteiger partial charge in [-0.2, -0.15) is 0 Å². The molecule has 0 saturated carbocycles. The number of imide groups is 1. The molecule has 0 saturated heterocycles. The molecule has 0 aromatic heterocycles. The molecule has 1 N–H and O–H groups in total. The van der Waals surface area contributed by atoms with Crippen molar-refractivity contribution in [1.82, 2.24) is 10.2 Å². The molecule has 64 valence electrons. The molecule has 0 unspecified atom stereocenters. The van der Waals surface area contributed by atoms with Crippen LogP contribution in [-0.4, -0.2) is 29.9 Å². The Bertz CT molecular complexity index is 145. The van der Waals surface area contributed by atoms with Crippen molar-refractivity contribution in [1.29, 1.82) is 0 Å². The average Bonchev–Trinajstić information content (AvgIpc) is 1.88. The van der Waals surface area contributed by atoms with Gasteiger partial charge in [-0.3, -0.25) is 10.1 Å².